The Bertz CT molecular complexity index is 868. The van der Waals surface area contributed by atoms with Gasteiger partial charge in [0.1, 0.15) is 23.0 Å². The summed E-state index contributed by atoms with van der Waals surface area (Å²) in [5.41, 5.74) is 0. The van der Waals surface area contributed by atoms with Crippen molar-refractivity contribution in [2.24, 2.45) is 0 Å². The zero-order chi connectivity index (χ0) is 21.8. The third-order valence-corrected chi connectivity index (χ3v) is 12.3. The number of hydrogen-bond donors (Lipinski definition) is 0. The van der Waals surface area contributed by atoms with Crippen molar-refractivity contribution in [1.29, 1.82) is 0 Å². The van der Waals surface area contributed by atoms with Crippen molar-refractivity contribution >= 4 is 26.5 Å². The number of rotatable bonds is 3. The van der Waals surface area contributed by atoms with Gasteiger partial charge in [0, 0.05) is 0 Å². The van der Waals surface area contributed by atoms with Crippen LogP contribution in [-0.4, -0.2) is 36.2 Å². The smallest absolute Gasteiger partial charge is 0.162 e. The van der Waals surface area contributed by atoms with Crippen molar-refractivity contribution in [2.75, 3.05) is 14.2 Å². The highest BCUT2D eigenvalue weighted by Crippen LogP contribution is 2.69. The first-order valence-electron chi connectivity index (χ1n) is 10.3. The number of hydrogen-bond acceptors (Lipinski definition) is 4. The summed E-state index contributed by atoms with van der Waals surface area (Å²) >= 11 is 0. The minimum atomic E-state index is -0.690. The standard InChI is InChI=1S/C24H32O4P2/c1-23(2,3)29-19-15(25-7)11-9-13-17(19)27-21(29)22-28-18-14-10-12-16(26-8)20(18)30(22)24(4,5)6/h9-14,21-22H,1-8H3/t21-,22-,29?,30?/m1/s1. The van der Waals surface area contributed by atoms with Gasteiger partial charge in [-0.1, -0.05) is 53.7 Å². The lowest BCUT2D eigenvalue weighted by molar-refractivity contribution is 0.171. The predicted octanol–water partition coefficient (Wildman–Crippen LogP) is 5.65. The molecule has 0 fully saturated rings. The van der Waals surface area contributed by atoms with Gasteiger partial charge in [-0.25, -0.2) is 0 Å². The largest absolute Gasteiger partial charge is 0.496 e. The number of ether oxygens (including phenoxy) is 4. The lowest BCUT2D eigenvalue weighted by Gasteiger charge is -2.39. The molecular formula is C24H32O4P2. The SMILES string of the molecule is COc1cccc2c1P(C(C)(C)C)[C@H]([C@@H]1Oc3cccc(OC)c3P1C(C)(C)C)O2. The second-order valence-corrected chi connectivity index (χ2v) is 15.8. The van der Waals surface area contributed by atoms with E-state index in [4.69, 9.17) is 18.9 Å². The van der Waals surface area contributed by atoms with Crippen LogP contribution in [0.5, 0.6) is 23.0 Å². The quantitative estimate of drug-likeness (QED) is 0.571. The van der Waals surface area contributed by atoms with Crippen LogP contribution in [0.1, 0.15) is 41.5 Å². The van der Waals surface area contributed by atoms with Crippen molar-refractivity contribution in [1.82, 2.24) is 0 Å². The van der Waals surface area contributed by atoms with E-state index in [0.29, 0.717) is 0 Å². The average molecular weight is 446 g/mol. The molecule has 2 unspecified atom stereocenters. The molecule has 30 heavy (non-hydrogen) atoms. The summed E-state index contributed by atoms with van der Waals surface area (Å²) < 4.78 is 24.9. The highest BCUT2D eigenvalue weighted by Gasteiger charge is 2.55. The van der Waals surface area contributed by atoms with Crippen LogP contribution in [-0.2, 0) is 0 Å². The maximum atomic E-state index is 6.70. The Balaban J connectivity index is 1.85. The van der Waals surface area contributed by atoms with Gasteiger partial charge >= 0.3 is 0 Å². The molecule has 0 bridgehead atoms. The Morgan fingerprint density at radius 2 is 1.03 bits per heavy atom. The van der Waals surface area contributed by atoms with E-state index in [1.54, 1.807) is 14.2 Å². The molecule has 0 spiro atoms. The van der Waals surface area contributed by atoms with Crippen LogP contribution in [0.25, 0.3) is 0 Å². The molecule has 4 nitrogen and oxygen atoms in total. The summed E-state index contributed by atoms with van der Waals surface area (Å²) in [5.74, 6) is 3.66. The third kappa shape index (κ3) is 3.47. The molecule has 0 saturated carbocycles. The maximum absolute atomic E-state index is 6.70. The van der Waals surface area contributed by atoms with Crippen LogP contribution in [0.4, 0.5) is 0 Å². The number of methoxy groups -OCH3 is 2. The Morgan fingerprint density at radius 1 is 0.667 bits per heavy atom. The van der Waals surface area contributed by atoms with Crippen molar-refractivity contribution in [3.05, 3.63) is 36.4 Å². The highest BCUT2D eigenvalue weighted by molar-refractivity contribution is 7.72. The van der Waals surface area contributed by atoms with Crippen LogP contribution < -0.4 is 29.6 Å². The fourth-order valence-electron chi connectivity index (χ4n) is 4.42. The van der Waals surface area contributed by atoms with Gasteiger partial charge in [0.25, 0.3) is 0 Å². The molecule has 4 atom stereocenters. The number of fused-ring (bicyclic) bond motifs is 2. The van der Waals surface area contributed by atoms with E-state index in [1.807, 2.05) is 24.3 Å². The van der Waals surface area contributed by atoms with E-state index in [1.165, 1.54) is 10.6 Å². The summed E-state index contributed by atoms with van der Waals surface area (Å²) in [5, 5.41) is 2.54. The normalized spacial score (nSPS) is 25.2. The third-order valence-electron chi connectivity index (χ3n) is 5.54. The van der Waals surface area contributed by atoms with Crippen molar-refractivity contribution in [3.8, 4) is 23.0 Å². The number of benzene rings is 2. The summed E-state index contributed by atoms with van der Waals surface area (Å²) in [6, 6.07) is 12.3. The van der Waals surface area contributed by atoms with Gasteiger partial charge < -0.3 is 18.9 Å². The fourth-order valence-corrected chi connectivity index (χ4v) is 11.2. The van der Waals surface area contributed by atoms with Gasteiger partial charge in [-0.2, -0.15) is 0 Å². The van der Waals surface area contributed by atoms with Crippen LogP contribution in [0.15, 0.2) is 36.4 Å². The molecule has 2 aliphatic rings. The molecule has 162 valence electrons. The van der Waals surface area contributed by atoms with Gasteiger partial charge in [0.2, 0.25) is 0 Å². The van der Waals surface area contributed by atoms with Crippen LogP contribution >= 0.6 is 15.8 Å². The monoisotopic (exact) mass is 446 g/mol. The Morgan fingerprint density at radius 3 is 1.33 bits per heavy atom. The van der Waals surface area contributed by atoms with Gasteiger partial charge in [-0.3, -0.25) is 0 Å². The summed E-state index contributed by atoms with van der Waals surface area (Å²) in [6.07, 6.45) is 0. The molecule has 2 aromatic carbocycles. The van der Waals surface area contributed by atoms with Gasteiger partial charge in [0.15, 0.2) is 11.7 Å². The van der Waals surface area contributed by atoms with E-state index in [0.717, 1.165) is 23.0 Å². The molecule has 2 heterocycles. The predicted molar refractivity (Wildman–Crippen MR) is 127 cm³/mol. The molecule has 0 N–H and O–H groups in total. The summed E-state index contributed by atoms with van der Waals surface area (Å²) in [4.78, 5) is 0. The molecule has 6 heteroatoms. The van der Waals surface area contributed by atoms with Gasteiger partial charge in [-0.05, 0) is 50.4 Å². The lowest BCUT2D eigenvalue weighted by Crippen LogP contribution is -2.38. The minimum Gasteiger partial charge on any atom is -0.496 e. The first-order valence-corrected chi connectivity index (χ1v) is 13.2. The Kier molecular flexibility index (Phi) is 5.48. The molecule has 0 amide bonds. The second-order valence-electron chi connectivity index (χ2n) is 9.71. The van der Waals surface area contributed by atoms with E-state index in [-0.39, 0.29) is 22.0 Å². The molecule has 2 aliphatic heterocycles. The lowest BCUT2D eigenvalue weighted by atomic mass is 10.2. The summed E-state index contributed by atoms with van der Waals surface area (Å²) in [7, 11) is 2.11. The van der Waals surface area contributed by atoms with Gasteiger partial charge in [0.05, 0.1) is 24.8 Å². The highest BCUT2D eigenvalue weighted by atomic mass is 31.1. The minimum absolute atomic E-state index is 0.0336. The molecule has 4 rings (SSSR count). The fraction of sp³-hybridized carbons (Fsp3) is 0.500. The zero-order valence-corrected chi connectivity index (χ0v) is 20.9. The van der Waals surface area contributed by atoms with E-state index >= 15 is 0 Å². The molecule has 0 saturated heterocycles. The van der Waals surface area contributed by atoms with Gasteiger partial charge in [-0.15, -0.1) is 0 Å². The van der Waals surface area contributed by atoms with Crippen molar-refractivity contribution in [3.63, 3.8) is 0 Å². The van der Waals surface area contributed by atoms with E-state index < -0.39 is 15.8 Å². The second kappa shape index (κ2) is 7.57. The average Bonchev–Trinajstić information content (AvgIpc) is 3.25. The molecule has 0 aromatic heterocycles. The van der Waals surface area contributed by atoms with Crippen molar-refractivity contribution < 1.29 is 18.9 Å². The van der Waals surface area contributed by atoms with Crippen molar-refractivity contribution in [2.45, 2.75) is 63.5 Å². The molecule has 2 aromatic rings. The molecule has 0 radical (unpaired) electrons. The first kappa shape index (κ1) is 21.7. The zero-order valence-electron chi connectivity index (χ0n) is 19.1. The first-order chi connectivity index (χ1) is 14.1. The Labute approximate surface area is 182 Å². The molecular weight excluding hydrogens is 414 g/mol. The molecule has 0 aliphatic carbocycles. The van der Waals surface area contributed by atoms with E-state index in [2.05, 4.69) is 53.7 Å². The van der Waals surface area contributed by atoms with Crippen LogP contribution in [0.3, 0.4) is 0 Å². The summed E-state index contributed by atoms with van der Waals surface area (Å²) in [6.45, 7) is 13.8. The van der Waals surface area contributed by atoms with Crippen LogP contribution in [0.2, 0.25) is 0 Å². The van der Waals surface area contributed by atoms with E-state index in [9.17, 15) is 0 Å². The Hall–Kier alpha value is -1.50. The van der Waals surface area contributed by atoms with Crippen LogP contribution in [0, 0.1) is 0 Å². The topological polar surface area (TPSA) is 36.9 Å². The maximum Gasteiger partial charge on any atom is 0.162 e.